The first kappa shape index (κ1) is 6.61. The maximum absolute atomic E-state index is 5.54. The third-order valence-corrected chi connectivity index (χ3v) is 2.03. The standard InChI is InChI=1S/C8H11N3/c9-8-5-6(1-3-11-8)7-2-4-10-7/h1,3,5,7,10H,2,4H2,(H2,9,11). The molecule has 1 fully saturated rings. The Kier molecular flexibility index (Phi) is 1.51. The summed E-state index contributed by atoms with van der Waals surface area (Å²) in [6.07, 6.45) is 2.97. The van der Waals surface area contributed by atoms with E-state index in [4.69, 9.17) is 5.73 Å². The molecule has 1 aromatic heterocycles. The molecule has 1 saturated heterocycles. The Bertz CT molecular complexity index is 255. The van der Waals surface area contributed by atoms with Gasteiger partial charge in [0, 0.05) is 12.2 Å². The molecule has 3 N–H and O–H groups in total. The van der Waals surface area contributed by atoms with E-state index in [0.717, 1.165) is 6.54 Å². The third kappa shape index (κ3) is 1.19. The molecule has 0 saturated carbocycles. The maximum atomic E-state index is 5.54. The largest absolute Gasteiger partial charge is 0.384 e. The molecule has 0 bridgehead atoms. The highest BCUT2D eigenvalue weighted by Crippen LogP contribution is 2.22. The number of rotatable bonds is 1. The number of anilines is 1. The van der Waals surface area contributed by atoms with E-state index in [1.807, 2.05) is 12.1 Å². The topological polar surface area (TPSA) is 50.9 Å². The first-order valence-corrected chi connectivity index (χ1v) is 3.81. The minimum Gasteiger partial charge on any atom is -0.384 e. The molecule has 2 rings (SSSR count). The Morgan fingerprint density at radius 1 is 1.64 bits per heavy atom. The zero-order valence-corrected chi connectivity index (χ0v) is 6.25. The van der Waals surface area contributed by atoms with E-state index >= 15 is 0 Å². The number of hydrogen-bond acceptors (Lipinski definition) is 3. The first-order chi connectivity index (χ1) is 5.36. The second-order valence-electron chi connectivity index (χ2n) is 2.81. The van der Waals surface area contributed by atoms with E-state index in [0.29, 0.717) is 11.9 Å². The van der Waals surface area contributed by atoms with Crippen LogP contribution in [-0.4, -0.2) is 11.5 Å². The normalized spacial score (nSPS) is 22.7. The number of nitrogens with zero attached hydrogens (tertiary/aromatic N) is 1. The van der Waals surface area contributed by atoms with Crippen molar-refractivity contribution < 1.29 is 0 Å². The quantitative estimate of drug-likeness (QED) is 0.618. The summed E-state index contributed by atoms with van der Waals surface area (Å²) in [6.45, 7) is 1.12. The summed E-state index contributed by atoms with van der Waals surface area (Å²) < 4.78 is 0. The van der Waals surface area contributed by atoms with Crippen LogP contribution in [0, 0.1) is 0 Å². The predicted molar refractivity (Wildman–Crippen MR) is 44.0 cm³/mol. The van der Waals surface area contributed by atoms with Gasteiger partial charge in [-0.15, -0.1) is 0 Å². The number of nitrogens with one attached hydrogen (secondary N) is 1. The fourth-order valence-corrected chi connectivity index (χ4v) is 1.26. The summed E-state index contributed by atoms with van der Waals surface area (Å²) in [4.78, 5) is 3.93. The average Bonchev–Trinajstić information content (AvgIpc) is 1.83. The van der Waals surface area contributed by atoms with Gasteiger partial charge in [-0.3, -0.25) is 0 Å². The van der Waals surface area contributed by atoms with Crippen molar-refractivity contribution in [1.29, 1.82) is 0 Å². The summed E-state index contributed by atoms with van der Waals surface area (Å²) in [7, 11) is 0. The van der Waals surface area contributed by atoms with Gasteiger partial charge in [0.2, 0.25) is 0 Å². The molecule has 0 spiro atoms. The summed E-state index contributed by atoms with van der Waals surface area (Å²) in [6, 6.07) is 4.45. The van der Waals surface area contributed by atoms with Gasteiger partial charge in [0.05, 0.1) is 0 Å². The summed E-state index contributed by atoms with van der Waals surface area (Å²) >= 11 is 0. The van der Waals surface area contributed by atoms with Gasteiger partial charge >= 0.3 is 0 Å². The van der Waals surface area contributed by atoms with E-state index in [1.165, 1.54) is 12.0 Å². The third-order valence-electron chi connectivity index (χ3n) is 2.03. The Hall–Kier alpha value is -1.09. The number of nitrogen functional groups attached to an aromatic ring is 1. The van der Waals surface area contributed by atoms with Crippen LogP contribution < -0.4 is 11.1 Å². The molecule has 0 aromatic carbocycles. The molecule has 3 heteroatoms. The lowest BCUT2D eigenvalue weighted by atomic mass is 9.99. The highest BCUT2D eigenvalue weighted by molar-refractivity contribution is 5.34. The van der Waals surface area contributed by atoms with Crippen molar-refractivity contribution in [2.24, 2.45) is 0 Å². The molecule has 1 unspecified atom stereocenters. The highest BCUT2D eigenvalue weighted by atomic mass is 15.0. The molecule has 0 aliphatic carbocycles. The maximum Gasteiger partial charge on any atom is 0.123 e. The van der Waals surface area contributed by atoms with Gasteiger partial charge in [-0.2, -0.15) is 0 Å². The van der Waals surface area contributed by atoms with Crippen LogP contribution in [-0.2, 0) is 0 Å². The van der Waals surface area contributed by atoms with Crippen LogP contribution >= 0.6 is 0 Å². The molecule has 2 heterocycles. The van der Waals surface area contributed by atoms with Gasteiger partial charge in [-0.25, -0.2) is 4.98 Å². The van der Waals surface area contributed by atoms with Crippen LogP contribution in [0.5, 0.6) is 0 Å². The summed E-state index contributed by atoms with van der Waals surface area (Å²) in [5, 5.41) is 3.31. The van der Waals surface area contributed by atoms with Crippen LogP contribution in [0.25, 0.3) is 0 Å². The van der Waals surface area contributed by atoms with E-state index in [2.05, 4.69) is 10.3 Å². The Balaban J connectivity index is 2.23. The number of nitrogens with two attached hydrogens (primary N) is 1. The molecule has 3 nitrogen and oxygen atoms in total. The van der Waals surface area contributed by atoms with Crippen molar-refractivity contribution in [3.05, 3.63) is 23.9 Å². The molecule has 1 aliphatic rings. The van der Waals surface area contributed by atoms with E-state index in [-0.39, 0.29) is 0 Å². The van der Waals surface area contributed by atoms with Gasteiger partial charge < -0.3 is 11.1 Å². The molecule has 1 aromatic rings. The van der Waals surface area contributed by atoms with Gasteiger partial charge in [-0.1, -0.05) is 0 Å². The van der Waals surface area contributed by atoms with Crippen molar-refractivity contribution >= 4 is 5.82 Å². The van der Waals surface area contributed by atoms with Crippen LogP contribution in [0.1, 0.15) is 18.0 Å². The van der Waals surface area contributed by atoms with E-state index < -0.39 is 0 Å². The fraction of sp³-hybridized carbons (Fsp3) is 0.375. The number of hydrogen-bond donors (Lipinski definition) is 2. The summed E-state index contributed by atoms with van der Waals surface area (Å²) in [5.74, 6) is 0.608. The van der Waals surface area contributed by atoms with Gasteiger partial charge in [0.1, 0.15) is 5.82 Å². The van der Waals surface area contributed by atoms with E-state index in [1.54, 1.807) is 6.20 Å². The Morgan fingerprint density at radius 2 is 2.45 bits per heavy atom. The number of pyridine rings is 1. The van der Waals surface area contributed by atoms with Gasteiger partial charge in [-0.05, 0) is 30.7 Å². The lowest BCUT2D eigenvalue weighted by Crippen LogP contribution is -2.34. The van der Waals surface area contributed by atoms with Gasteiger partial charge in [0.25, 0.3) is 0 Å². The zero-order chi connectivity index (χ0) is 7.68. The molecule has 1 atom stereocenters. The summed E-state index contributed by atoms with van der Waals surface area (Å²) in [5.41, 5.74) is 6.79. The minimum absolute atomic E-state index is 0.514. The molecule has 11 heavy (non-hydrogen) atoms. The molecule has 0 radical (unpaired) electrons. The van der Waals surface area contributed by atoms with Crippen molar-refractivity contribution in [2.75, 3.05) is 12.3 Å². The van der Waals surface area contributed by atoms with Crippen molar-refractivity contribution in [2.45, 2.75) is 12.5 Å². The van der Waals surface area contributed by atoms with Crippen LogP contribution in [0.4, 0.5) is 5.82 Å². The second-order valence-corrected chi connectivity index (χ2v) is 2.81. The predicted octanol–water partition coefficient (Wildman–Crippen LogP) is 0.698. The Labute approximate surface area is 65.6 Å². The molecule has 1 aliphatic heterocycles. The second kappa shape index (κ2) is 2.51. The minimum atomic E-state index is 0.514. The van der Waals surface area contributed by atoms with Crippen LogP contribution in [0.15, 0.2) is 18.3 Å². The lowest BCUT2D eigenvalue weighted by Gasteiger charge is -2.27. The Morgan fingerprint density at radius 3 is 3.00 bits per heavy atom. The average molecular weight is 149 g/mol. The first-order valence-electron chi connectivity index (χ1n) is 3.81. The SMILES string of the molecule is Nc1cc(C2CCN2)ccn1. The molecular weight excluding hydrogens is 138 g/mol. The van der Waals surface area contributed by atoms with Crippen molar-refractivity contribution in [1.82, 2.24) is 10.3 Å². The van der Waals surface area contributed by atoms with Crippen molar-refractivity contribution in [3.63, 3.8) is 0 Å². The van der Waals surface area contributed by atoms with Gasteiger partial charge in [0.15, 0.2) is 0 Å². The van der Waals surface area contributed by atoms with Crippen LogP contribution in [0.3, 0.4) is 0 Å². The number of aromatic nitrogens is 1. The molecule has 58 valence electrons. The lowest BCUT2D eigenvalue weighted by molar-refractivity contribution is 0.383. The smallest absolute Gasteiger partial charge is 0.123 e. The van der Waals surface area contributed by atoms with Crippen molar-refractivity contribution in [3.8, 4) is 0 Å². The zero-order valence-electron chi connectivity index (χ0n) is 6.25. The fourth-order valence-electron chi connectivity index (χ4n) is 1.26. The molecular formula is C8H11N3. The molecule has 0 amide bonds. The highest BCUT2D eigenvalue weighted by Gasteiger charge is 2.17. The van der Waals surface area contributed by atoms with E-state index in [9.17, 15) is 0 Å². The monoisotopic (exact) mass is 149 g/mol. The van der Waals surface area contributed by atoms with Crippen LogP contribution in [0.2, 0.25) is 0 Å².